The van der Waals surface area contributed by atoms with Crippen molar-refractivity contribution in [1.82, 2.24) is 15.0 Å². The van der Waals surface area contributed by atoms with Crippen LogP contribution in [0.4, 0.5) is 0 Å². The third-order valence-electron chi connectivity index (χ3n) is 2.11. The van der Waals surface area contributed by atoms with E-state index in [0.29, 0.717) is 11.1 Å². The third kappa shape index (κ3) is 6.29. The Labute approximate surface area is 118 Å². The van der Waals surface area contributed by atoms with Gasteiger partial charge in [-0.05, 0) is 6.07 Å². The molecule has 1 rings (SSSR count). The van der Waals surface area contributed by atoms with E-state index in [-0.39, 0.29) is 25.5 Å². The minimum atomic E-state index is -3.25. The molecule has 108 valence electrons. The van der Waals surface area contributed by atoms with Crippen LogP contribution in [0.2, 0.25) is 0 Å². The molecule has 0 saturated carbocycles. The van der Waals surface area contributed by atoms with Crippen LogP contribution in [-0.2, 0) is 10.0 Å². The van der Waals surface area contributed by atoms with Gasteiger partial charge in [0.05, 0.1) is 18.4 Å². The number of nitrogens with zero attached hydrogens (tertiary/aromatic N) is 1. The van der Waals surface area contributed by atoms with Gasteiger partial charge in [-0.15, -0.1) is 0 Å². The van der Waals surface area contributed by atoms with E-state index in [0.717, 1.165) is 6.26 Å². The Kier molecular flexibility index (Phi) is 6.11. The maximum absolute atomic E-state index is 11.8. The van der Waals surface area contributed by atoms with Crippen LogP contribution < -0.4 is 15.8 Å². The zero-order valence-corrected chi connectivity index (χ0v) is 11.8. The topological polar surface area (TPSA) is 114 Å². The number of nitrogens with two attached hydrogens (primary N) is 1. The highest BCUT2D eigenvalue weighted by Gasteiger charge is 2.06. The van der Waals surface area contributed by atoms with Gasteiger partial charge >= 0.3 is 0 Å². The highest BCUT2D eigenvalue weighted by Crippen LogP contribution is 2.01. The van der Waals surface area contributed by atoms with Gasteiger partial charge in [-0.1, -0.05) is 11.8 Å². The third-order valence-corrected chi connectivity index (χ3v) is 2.84. The summed E-state index contributed by atoms with van der Waals surface area (Å²) in [4.78, 5) is 15.7. The maximum Gasteiger partial charge on any atom is 0.252 e. The molecule has 0 atom stereocenters. The first-order valence-corrected chi connectivity index (χ1v) is 7.68. The lowest BCUT2D eigenvalue weighted by Crippen LogP contribution is -2.34. The molecule has 1 aromatic heterocycles. The van der Waals surface area contributed by atoms with Crippen LogP contribution in [0.25, 0.3) is 0 Å². The summed E-state index contributed by atoms with van der Waals surface area (Å²) in [6, 6.07) is 1.59. The number of hydrogen-bond donors (Lipinski definition) is 3. The van der Waals surface area contributed by atoms with E-state index in [4.69, 9.17) is 5.73 Å². The number of sulfonamides is 1. The second kappa shape index (κ2) is 7.59. The molecule has 7 nitrogen and oxygen atoms in total. The minimum Gasteiger partial charge on any atom is -0.351 e. The quantitative estimate of drug-likeness (QED) is 0.460. The molecular weight excluding hydrogens is 280 g/mol. The number of hydrogen-bond acceptors (Lipinski definition) is 5. The standard InChI is InChI=1S/C12H16N4O3S/c1-20(18,19)16-6-5-15-12(17)11-7-10(3-2-4-13)8-14-9-11/h7-9,16H,4-6,13H2,1H3,(H,15,17). The van der Waals surface area contributed by atoms with E-state index < -0.39 is 10.0 Å². The Morgan fingerprint density at radius 2 is 2.15 bits per heavy atom. The summed E-state index contributed by atoms with van der Waals surface area (Å²) in [5, 5.41) is 2.58. The Morgan fingerprint density at radius 1 is 1.40 bits per heavy atom. The summed E-state index contributed by atoms with van der Waals surface area (Å²) >= 11 is 0. The highest BCUT2D eigenvalue weighted by molar-refractivity contribution is 7.88. The van der Waals surface area contributed by atoms with E-state index >= 15 is 0 Å². The van der Waals surface area contributed by atoms with E-state index in [9.17, 15) is 13.2 Å². The molecule has 1 heterocycles. The van der Waals surface area contributed by atoms with Crippen molar-refractivity contribution in [1.29, 1.82) is 0 Å². The molecule has 0 aromatic carbocycles. The first-order chi connectivity index (χ1) is 9.42. The van der Waals surface area contributed by atoms with E-state index in [1.165, 1.54) is 12.4 Å². The maximum atomic E-state index is 11.8. The molecule has 0 spiro atoms. The summed E-state index contributed by atoms with van der Waals surface area (Å²) in [6.07, 6.45) is 4.00. The predicted octanol–water partition coefficient (Wildman–Crippen LogP) is -1.33. The van der Waals surface area contributed by atoms with Crippen LogP contribution in [-0.4, -0.2) is 45.2 Å². The van der Waals surface area contributed by atoms with E-state index in [1.807, 2.05) is 0 Å². The van der Waals surface area contributed by atoms with Gasteiger partial charge in [-0.2, -0.15) is 0 Å². The van der Waals surface area contributed by atoms with Crippen molar-refractivity contribution in [2.45, 2.75) is 0 Å². The minimum absolute atomic E-state index is 0.130. The molecule has 0 fully saturated rings. The fraction of sp³-hybridized carbons (Fsp3) is 0.333. The number of amides is 1. The smallest absolute Gasteiger partial charge is 0.252 e. The van der Waals surface area contributed by atoms with Crippen LogP contribution in [0.3, 0.4) is 0 Å². The molecule has 0 aliphatic heterocycles. The Morgan fingerprint density at radius 3 is 2.80 bits per heavy atom. The second-order valence-corrected chi connectivity index (χ2v) is 5.72. The lowest BCUT2D eigenvalue weighted by atomic mass is 10.2. The van der Waals surface area contributed by atoms with Crippen LogP contribution in [0.15, 0.2) is 18.5 Å². The Bertz CT molecular complexity index is 632. The van der Waals surface area contributed by atoms with E-state index in [2.05, 4.69) is 26.9 Å². The zero-order chi connectivity index (χ0) is 15.0. The highest BCUT2D eigenvalue weighted by atomic mass is 32.2. The Hall–Kier alpha value is -1.95. The molecule has 0 unspecified atom stereocenters. The zero-order valence-electron chi connectivity index (χ0n) is 11.0. The van der Waals surface area contributed by atoms with Crippen molar-refractivity contribution >= 4 is 15.9 Å². The summed E-state index contributed by atoms with van der Waals surface area (Å²) in [6.45, 7) is 0.545. The van der Waals surface area contributed by atoms with Gasteiger partial charge in [0, 0.05) is 31.0 Å². The van der Waals surface area contributed by atoms with Crippen molar-refractivity contribution in [2.24, 2.45) is 5.73 Å². The Balaban J connectivity index is 2.55. The van der Waals surface area contributed by atoms with Gasteiger partial charge in [0.25, 0.3) is 5.91 Å². The lowest BCUT2D eigenvalue weighted by molar-refractivity contribution is 0.0954. The molecule has 0 saturated heterocycles. The van der Waals surface area contributed by atoms with Crippen LogP contribution in [0.1, 0.15) is 15.9 Å². The van der Waals surface area contributed by atoms with Gasteiger partial charge in [-0.3, -0.25) is 9.78 Å². The fourth-order valence-corrected chi connectivity index (χ4v) is 1.77. The summed E-state index contributed by atoms with van der Waals surface area (Å²) in [5.74, 6) is 5.10. The largest absolute Gasteiger partial charge is 0.351 e. The van der Waals surface area contributed by atoms with Gasteiger partial charge in [0.1, 0.15) is 0 Å². The number of carbonyl (C=O) groups is 1. The average Bonchev–Trinajstić information content (AvgIpc) is 2.40. The number of pyridine rings is 1. The molecule has 0 aliphatic carbocycles. The monoisotopic (exact) mass is 296 g/mol. The SMILES string of the molecule is CS(=O)(=O)NCCNC(=O)c1cncc(C#CCN)c1. The molecule has 0 bridgehead atoms. The van der Waals surface area contributed by atoms with Crippen LogP contribution in [0, 0.1) is 11.8 Å². The van der Waals surface area contributed by atoms with Crippen molar-refractivity contribution in [3.8, 4) is 11.8 Å². The van der Waals surface area contributed by atoms with Crippen molar-refractivity contribution < 1.29 is 13.2 Å². The average molecular weight is 296 g/mol. The first-order valence-electron chi connectivity index (χ1n) is 5.79. The van der Waals surface area contributed by atoms with Crippen molar-refractivity contribution in [3.63, 3.8) is 0 Å². The molecule has 4 N–H and O–H groups in total. The summed E-state index contributed by atoms with van der Waals surface area (Å²) in [7, 11) is -3.25. The molecule has 0 radical (unpaired) electrons. The number of nitrogens with one attached hydrogen (secondary N) is 2. The predicted molar refractivity (Wildman–Crippen MR) is 75.3 cm³/mol. The number of carbonyl (C=O) groups excluding carboxylic acids is 1. The normalized spacial score (nSPS) is 10.5. The molecule has 8 heteroatoms. The fourth-order valence-electron chi connectivity index (χ4n) is 1.30. The molecule has 1 aromatic rings. The summed E-state index contributed by atoms with van der Waals surface area (Å²) in [5.41, 5.74) is 6.21. The molecular formula is C12H16N4O3S. The second-order valence-electron chi connectivity index (χ2n) is 3.89. The van der Waals surface area contributed by atoms with Crippen molar-refractivity contribution in [2.75, 3.05) is 25.9 Å². The summed E-state index contributed by atoms with van der Waals surface area (Å²) < 4.78 is 23.9. The van der Waals surface area contributed by atoms with Gasteiger partial charge in [0.2, 0.25) is 10.0 Å². The lowest BCUT2D eigenvalue weighted by Gasteiger charge is -2.05. The first kappa shape index (κ1) is 16.1. The van der Waals surface area contributed by atoms with Gasteiger partial charge in [0.15, 0.2) is 0 Å². The van der Waals surface area contributed by atoms with E-state index in [1.54, 1.807) is 6.07 Å². The van der Waals surface area contributed by atoms with Gasteiger partial charge < -0.3 is 11.1 Å². The van der Waals surface area contributed by atoms with Crippen LogP contribution in [0.5, 0.6) is 0 Å². The number of rotatable bonds is 5. The molecule has 0 aliphatic rings. The number of aromatic nitrogens is 1. The van der Waals surface area contributed by atoms with Gasteiger partial charge in [-0.25, -0.2) is 13.1 Å². The van der Waals surface area contributed by atoms with Crippen molar-refractivity contribution in [3.05, 3.63) is 29.6 Å². The van der Waals surface area contributed by atoms with Crippen LogP contribution >= 0.6 is 0 Å². The molecule has 1 amide bonds. The molecule has 20 heavy (non-hydrogen) atoms.